The van der Waals surface area contributed by atoms with Gasteiger partial charge >= 0.3 is 5.97 Å². The zero-order valence-corrected chi connectivity index (χ0v) is 39.2. The maximum Gasteiger partial charge on any atom is 0.305 e. The Labute approximate surface area is 364 Å². The van der Waals surface area contributed by atoms with Crippen LogP contribution in [-0.4, -0.2) is 93.1 Å². The molecular formula is C50H96N2O7. The Kier molecular flexibility index (Phi) is 40.5. The maximum absolute atomic E-state index is 12.2. The van der Waals surface area contributed by atoms with E-state index in [9.17, 15) is 14.4 Å². The number of hydrogen-bond donors (Lipinski definition) is 0. The van der Waals surface area contributed by atoms with E-state index in [2.05, 4.69) is 25.7 Å². The van der Waals surface area contributed by atoms with Gasteiger partial charge in [0.2, 0.25) is 0 Å². The molecule has 348 valence electrons. The molecule has 0 N–H and O–H groups in total. The Morgan fingerprint density at radius 2 is 0.966 bits per heavy atom. The van der Waals surface area contributed by atoms with Gasteiger partial charge in [-0.1, -0.05) is 181 Å². The third kappa shape index (κ3) is 35.7. The normalized spacial score (nSPS) is 13.4. The summed E-state index contributed by atoms with van der Waals surface area (Å²) in [5, 5.41) is 0. The van der Waals surface area contributed by atoms with Crippen LogP contribution in [0.1, 0.15) is 239 Å². The molecule has 1 saturated heterocycles. The van der Waals surface area contributed by atoms with Gasteiger partial charge in [-0.2, -0.15) is 0 Å². The summed E-state index contributed by atoms with van der Waals surface area (Å²) in [6, 6.07) is 0. The number of hydrogen-bond acceptors (Lipinski definition) is 8. The largest absolute Gasteiger partial charge is 0.466 e. The molecule has 9 nitrogen and oxygen atoms in total. The second-order valence-corrected chi connectivity index (χ2v) is 17.5. The number of carbonyl (C=O) groups is 3. The first kappa shape index (κ1) is 55.5. The fourth-order valence-electron chi connectivity index (χ4n) is 8.08. The summed E-state index contributed by atoms with van der Waals surface area (Å²) in [5.74, 6) is -0.481. The standard InChI is InChI=1S/C50H96N2O7/c1-4-7-10-13-17-26-33-43-58-50(55)37-29-22-19-24-31-39-51(40-34-41-52-48(53)44-57-45-49(52)54)38-30-23-16-18-25-32-42-56-46-59-47(35-27-20-14-11-8-5-2)36-28-21-15-12-9-6-3/h47H,4-46H2,1-3H3. The molecule has 0 unspecified atom stereocenters. The monoisotopic (exact) mass is 837 g/mol. The molecular weight excluding hydrogens is 741 g/mol. The van der Waals surface area contributed by atoms with E-state index >= 15 is 0 Å². The van der Waals surface area contributed by atoms with Crippen LogP contribution >= 0.6 is 0 Å². The van der Waals surface area contributed by atoms with E-state index in [4.69, 9.17) is 18.9 Å². The molecule has 59 heavy (non-hydrogen) atoms. The van der Waals surface area contributed by atoms with Crippen molar-refractivity contribution in [2.45, 2.75) is 245 Å². The minimum absolute atomic E-state index is 0.00531. The molecule has 0 atom stereocenters. The van der Waals surface area contributed by atoms with Crippen LogP contribution in [0.3, 0.4) is 0 Å². The van der Waals surface area contributed by atoms with E-state index in [1.54, 1.807) is 0 Å². The van der Waals surface area contributed by atoms with Crippen molar-refractivity contribution in [3.05, 3.63) is 0 Å². The van der Waals surface area contributed by atoms with Crippen molar-refractivity contribution in [2.75, 3.05) is 59.4 Å². The van der Waals surface area contributed by atoms with Crippen LogP contribution in [0.2, 0.25) is 0 Å². The van der Waals surface area contributed by atoms with E-state index < -0.39 is 0 Å². The topological polar surface area (TPSA) is 94.6 Å². The number of ether oxygens (including phenoxy) is 4. The van der Waals surface area contributed by atoms with Crippen LogP contribution in [-0.2, 0) is 33.3 Å². The van der Waals surface area contributed by atoms with Crippen molar-refractivity contribution in [1.29, 1.82) is 0 Å². The molecule has 0 radical (unpaired) electrons. The second kappa shape index (κ2) is 43.1. The maximum atomic E-state index is 12.2. The molecule has 0 aromatic heterocycles. The van der Waals surface area contributed by atoms with E-state index in [1.807, 2.05) is 0 Å². The average molecular weight is 837 g/mol. The van der Waals surface area contributed by atoms with Gasteiger partial charge < -0.3 is 23.8 Å². The van der Waals surface area contributed by atoms with Gasteiger partial charge in [0.1, 0.15) is 20.0 Å². The van der Waals surface area contributed by atoms with Gasteiger partial charge in [0.15, 0.2) is 0 Å². The highest BCUT2D eigenvalue weighted by atomic mass is 16.7. The van der Waals surface area contributed by atoms with Gasteiger partial charge in [-0.3, -0.25) is 19.3 Å². The Morgan fingerprint density at radius 1 is 0.542 bits per heavy atom. The van der Waals surface area contributed by atoms with E-state index in [1.165, 1.54) is 159 Å². The Balaban J connectivity index is 2.24. The van der Waals surface area contributed by atoms with Crippen LogP contribution in [0.25, 0.3) is 0 Å². The summed E-state index contributed by atoms with van der Waals surface area (Å²) >= 11 is 0. The SMILES string of the molecule is CCCCCCCCCOC(=O)CCCCCCCN(CCCCCCCCOCOC(CCCCCCCC)CCCCCCCC)CCCN1C(=O)COCC1=O. The molecule has 1 heterocycles. The van der Waals surface area contributed by atoms with Gasteiger partial charge in [-0.25, -0.2) is 0 Å². The lowest BCUT2D eigenvalue weighted by molar-refractivity contribution is -0.158. The lowest BCUT2D eigenvalue weighted by atomic mass is 10.0. The fourth-order valence-corrected chi connectivity index (χ4v) is 8.08. The molecule has 1 fully saturated rings. The van der Waals surface area contributed by atoms with Gasteiger partial charge in [-0.15, -0.1) is 0 Å². The zero-order chi connectivity index (χ0) is 42.7. The second-order valence-electron chi connectivity index (χ2n) is 17.5. The highest BCUT2D eigenvalue weighted by molar-refractivity contribution is 5.98. The minimum Gasteiger partial charge on any atom is -0.466 e. The molecule has 1 aliphatic rings. The third-order valence-electron chi connectivity index (χ3n) is 11.9. The van der Waals surface area contributed by atoms with Gasteiger partial charge in [0.05, 0.1) is 12.7 Å². The van der Waals surface area contributed by atoms with Gasteiger partial charge in [0.25, 0.3) is 11.8 Å². The van der Waals surface area contributed by atoms with Crippen molar-refractivity contribution < 1.29 is 33.3 Å². The number of carbonyl (C=O) groups excluding carboxylic acids is 3. The fraction of sp³-hybridized carbons (Fsp3) is 0.940. The minimum atomic E-state index is -0.219. The predicted octanol–water partition coefficient (Wildman–Crippen LogP) is 12.9. The molecule has 0 spiro atoms. The van der Waals surface area contributed by atoms with Crippen LogP contribution in [0, 0.1) is 0 Å². The van der Waals surface area contributed by atoms with Crippen LogP contribution in [0.15, 0.2) is 0 Å². The summed E-state index contributed by atoms with van der Waals surface area (Å²) in [7, 11) is 0. The molecule has 1 aliphatic heterocycles. The first-order valence-corrected chi connectivity index (χ1v) is 25.5. The van der Waals surface area contributed by atoms with Crippen molar-refractivity contribution in [1.82, 2.24) is 9.80 Å². The number of esters is 1. The number of nitrogens with zero attached hydrogens (tertiary/aromatic N) is 2. The zero-order valence-electron chi connectivity index (χ0n) is 39.2. The lowest BCUT2D eigenvalue weighted by Crippen LogP contribution is -2.47. The molecule has 1 rings (SSSR count). The van der Waals surface area contributed by atoms with Crippen molar-refractivity contribution in [2.24, 2.45) is 0 Å². The quantitative estimate of drug-likeness (QED) is 0.0259. The molecule has 0 aliphatic carbocycles. The van der Waals surface area contributed by atoms with Crippen molar-refractivity contribution in [3.8, 4) is 0 Å². The van der Waals surface area contributed by atoms with Crippen molar-refractivity contribution in [3.63, 3.8) is 0 Å². The van der Waals surface area contributed by atoms with E-state index in [-0.39, 0.29) is 31.0 Å². The van der Waals surface area contributed by atoms with E-state index in [0.29, 0.717) is 32.5 Å². The molecule has 9 heteroatoms. The van der Waals surface area contributed by atoms with E-state index in [0.717, 1.165) is 84.0 Å². The number of imide groups is 1. The van der Waals surface area contributed by atoms with Crippen LogP contribution < -0.4 is 0 Å². The first-order valence-electron chi connectivity index (χ1n) is 25.5. The number of unbranched alkanes of at least 4 members (excludes halogenated alkanes) is 25. The molecule has 0 saturated carbocycles. The summed E-state index contributed by atoms with van der Waals surface area (Å²) in [6.45, 7) is 12.0. The smallest absolute Gasteiger partial charge is 0.305 e. The Morgan fingerprint density at radius 3 is 1.49 bits per heavy atom. The summed E-state index contributed by atoms with van der Waals surface area (Å²) < 4.78 is 22.7. The summed E-state index contributed by atoms with van der Waals surface area (Å²) in [6.07, 6.45) is 41.1. The molecule has 0 bridgehead atoms. The Bertz CT molecular complexity index is 918. The van der Waals surface area contributed by atoms with Gasteiger partial charge in [-0.05, 0) is 71.0 Å². The highest BCUT2D eigenvalue weighted by Crippen LogP contribution is 2.18. The number of amides is 2. The Hall–Kier alpha value is -1.55. The van der Waals surface area contributed by atoms with Crippen molar-refractivity contribution >= 4 is 17.8 Å². The van der Waals surface area contributed by atoms with Crippen LogP contribution in [0.5, 0.6) is 0 Å². The lowest BCUT2D eigenvalue weighted by Gasteiger charge is -2.27. The number of morpholine rings is 1. The third-order valence-corrected chi connectivity index (χ3v) is 11.9. The first-order chi connectivity index (χ1) is 29.0. The summed E-state index contributed by atoms with van der Waals surface area (Å²) in [4.78, 5) is 40.4. The summed E-state index contributed by atoms with van der Waals surface area (Å²) in [5.41, 5.74) is 0. The molecule has 2 amide bonds. The molecule has 0 aromatic rings. The predicted molar refractivity (Wildman–Crippen MR) is 245 cm³/mol. The molecule has 0 aromatic carbocycles. The van der Waals surface area contributed by atoms with Crippen LogP contribution in [0.4, 0.5) is 0 Å². The average Bonchev–Trinajstić information content (AvgIpc) is 3.23. The highest BCUT2D eigenvalue weighted by Gasteiger charge is 2.26. The number of rotatable bonds is 46. The van der Waals surface area contributed by atoms with Gasteiger partial charge in [0, 0.05) is 19.6 Å².